The Morgan fingerprint density at radius 2 is 2.10 bits per heavy atom. The predicted molar refractivity (Wildman–Crippen MR) is 117 cm³/mol. The maximum Gasteiger partial charge on any atom is 0.234 e. The van der Waals surface area contributed by atoms with Crippen molar-refractivity contribution in [2.24, 2.45) is 0 Å². The number of ether oxygens (including phenoxy) is 1. The summed E-state index contributed by atoms with van der Waals surface area (Å²) in [6, 6.07) is 9.82. The Hall–Kier alpha value is -2.58. The molecule has 1 aliphatic rings. The van der Waals surface area contributed by atoms with Gasteiger partial charge in [0.2, 0.25) is 5.91 Å². The number of carbonyl (C=O) groups is 1. The van der Waals surface area contributed by atoms with Crippen molar-refractivity contribution < 1.29 is 13.9 Å². The van der Waals surface area contributed by atoms with Crippen molar-refractivity contribution in [3.05, 3.63) is 47.9 Å². The number of anilines is 1. The Kier molecular flexibility index (Phi) is 6.54. The molecule has 1 fully saturated rings. The monoisotopic (exact) mass is 426 g/mol. The Bertz CT molecular complexity index is 990. The summed E-state index contributed by atoms with van der Waals surface area (Å²) in [4.78, 5) is 12.5. The highest BCUT2D eigenvalue weighted by Crippen LogP contribution is 2.29. The molecular formula is C22H26N4O3S. The number of carbonyl (C=O) groups excluding carboxylic acids is 1. The molecule has 4 rings (SSSR count). The third-order valence-electron chi connectivity index (χ3n) is 5.21. The van der Waals surface area contributed by atoms with Gasteiger partial charge in [-0.05, 0) is 49.9 Å². The molecule has 0 radical (unpaired) electrons. The van der Waals surface area contributed by atoms with Gasteiger partial charge in [0.1, 0.15) is 5.76 Å². The van der Waals surface area contributed by atoms with E-state index in [0.29, 0.717) is 11.7 Å². The van der Waals surface area contributed by atoms with Gasteiger partial charge < -0.3 is 14.5 Å². The number of nitrogens with zero attached hydrogens (tertiary/aromatic N) is 3. The molecule has 3 aromatic rings. The van der Waals surface area contributed by atoms with Gasteiger partial charge in [-0.25, -0.2) is 0 Å². The summed E-state index contributed by atoms with van der Waals surface area (Å²) in [5.41, 5.74) is 2.95. The lowest BCUT2D eigenvalue weighted by Gasteiger charge is -2.14. The molecule has 7 nitrogen and oxygen atoms in total. The van der Waals surface area contributed by atoms with Crippen molar-refractivity contribution >= 4 is 23.4 Å². The second-order valence-electron chi connectivity index (χ2n) is 7.33. The molecule has 1 aromatic carbocycles. The van der Waals surface area contributed by atoms with Crippen molar-refractivity contribution in [2.45, 2.75) is 50.9 Å². The van der Waals surface area contributed by atoms with Crippen LogP contribution < -0.4 is 5.32 Å². The number of hydrogen-bond donors (Lipinski definition) is 1. The minimum atomic E-state index is -0.0723. The minimum Gasteiger partial charge on any atom is -0.469 e. The molecule has 3 heterocycles. The van der Waals surface area contributed by atoms with E-state index in [0.717, 1.165) is 48.7 Å². The molecule has 1 amide bonds. The van der Waals surface area contributed by atoms with E-state index < -0.39 is 0 Å². The second kappa shape index (κ2) is 9.49. The summed E-state index contributed by atoms with van der Waals surface area (Å²) >= 11 is 1.38. The normalized spacial score (nSPS) is 16.1. The third-order valence-corrected chi connectivity index (χ3v) is 6.17. The van der Waals surface area contributed by atoms with E-state index >= 15 is 0 Å². The van der Waals surface area contributed by atoms with Gasteiger partial charge >= 0.3 is 0 Å². The highest BCUT2D eigenvalue weighted by molar-refractivity contribution is 7.99. The average Bonchev–Trinajstić information content (AvgIpc) is 3.49. The summed E-state index contributed by atoms with van der Waals surface area (Å²) in [6.07, 6.45) is 4.84. The summed E-state index contributed by atoms with van der Waals surface area (Å²) in [5.74, 6) is 1.72. The molecule has 0 saturated carbocycles. The lowest BCUT2D eigenvalue weighted by molar-refractivity contribution is -0.113. The van der Waals surface area contributed by atoms with Gasteiger partial charge in [0.25, 0.3) is 0 Å². The number of amides is 1. The van der Waals surface area contributed by atoms with Crippen molar-refractivity contribution in [2.75, 3.05) is 17.7 Å². The molecule has 0 unspecified atom stereocenters. The van der Waals surface area contributed by atoms with Gasteiger partial charge in [-0.1, -0.05) is 30.8 Å². The first-order valence-corrected chi connectivity index (χ1v) is 11.2. The van der Waals surface area contributed by atoms with Crippen LogP contribution in [0, 0.1) is 6.92 Å². The summed E-state index contributed by atoms with van der Waals surface area (Å²) in [7, 11) is 0. The molecule has 1 atom stereocenters. The van der Waals surface area contributed by atoms with Crippen LogP contribution in [0.15, 0.2) is 46.2 Å². The van der Waals surface area contributed by atoms with Crippen LogP contribution in [-0.4, -0.2) is 39.1 Å². The SMILES string of the molecule is CCc1ccc(NC(=O)CSc2nnc(-c3ccoc3C)n2C[C@H]2CCCO2)cc1. The highest BCUT2D eigenvalue weighted by atomic mass is 32.2. The van der Waals surface area contributed by atoms with E-state index in [9.17, 15) is 4.79 Å². The summed E-state index contributed by atoms with van der Waals surface area (Å²) in [6.45, 7) is 5.46. The van der Waals surface area contributed by atoms with E-state index in [1.165, 1.54) is 17.3 Å². The zero-order valence-corrected chi connectivity index (χ0v) is 18.1. The number of furan rings is 1. The van der Waals surface area contributed by atoms with E-state index in [2.05, 4.69) is 22.4 Å². The van der Waals surface area contributed by atoms with Crippen LogP contribution >= 0.6 is 11.8 Å². The minimum absolute atomic E-state index is 0.0723. The van der Waals surface area contributed by atoms with Gasteiger partial charge in [-0.2, -0.15) is 0 Å². The quantitative estimate of drug-likeness (QED) is 0.540. The van der Waals surface area contributed by atoms with E-state index in [1.807, 2.05) is 41.8 Å². The van der Waals surface area contributed by atoms with Crippen LogP contribution in [0.3, 0.4) is 0 Å². The molecule has 0 aliphatic carbocycles. The number of rotatable bonds is 8. The maximum atomic E-state index is 12.5. The number of benzene rings is 1. The zero-order valence-electron chi connectivity index (χ0n) is 17.3. The first-order valence-electron chi connectivity index (χ1n) is 10.2. The molecule has 158 valence electrons. The summed E-state index contributed by atoms with van der Waals surface area (Å²) < 4.78 is 13.3. The Labute approximate surface area is 180 Å². The van der Waals surface area contributed by atoms with Gasteiger partial charge in [-0.3, -0.25) is 9.36 Å². The largest absolute Gasteiger partial charge is 0.469 e. The van der Waals surface area contributed by atoms with Crippen LogP contribution in [-0.2, 0) is 22.5 Å². The predicted octanol–water partition coefficient (Wildman–Crippen LogP) is 4.32. The van der Waals surface area contributed by atoms with Gasteiger partial charge in [-0.15, -0.1) is 10.2 Å². The van der Waals surface area contributed by atoms with Crippen LogP contribution in [0.4, 0.5) is 5.69 Å². The van der Waals surface area contributed by atoms with Crippen molar-refractivity contribution in [1.82, 2.24) is 14.8 Å². The fraction of sp³-hybridized carbons (Fsp3) is 0.409. The van der Waals surface area contributed by atoms with Gasteiger partial charge in [0.15, 0.2) is 11.0 Å². The van der Waals surface area contributed by atoms with E-state index in [-0.39, 0.29) is 17.8 Å². The fourth-order valence-electron chi connectivity index (χ4n) is 3.52. The zero-order chi connectivity index (χ0) is 20.9. The molecule has 8 heteroatoms. The number of thioether (sulfide) groups is 1. The molecular weight excluding hydrogens is 400 g/mol. The van der Waals surface area contributed by atoms with Crippen LogP contribution in [0.2, 0.25) is 0 Å². The van der Waals surface area contributed by atoms with Crippen LogP contribution in [0.1, 0.15) is 31.1 Å². The Morgan fingerprint density at radius 1 is 1.27 bits per heavy atom. The van der Waals surface area contributed by atoms with Crippen molar-refractivity contribution in [3.8, 4) is 11.4 Å². The molecule has 2 aromatic heterocycles. The lowest BCUT2D eigenvalue weighted by Crippen LogP contribution is -2.18. The molecule has 0 spiro atoms. The molecule has 1 saturated heterocycles. The number of hydrogen-bond acceptors (Lipinski definition) is 6. The smallest absolute Gasteiger partial charge is 0.234 e. The lowest BCUT2D eigenvalue weighted by atomic mass is 10.1. The van der Waals surface area contributed by atoms with Crippen LogP contribution in [0.25, 0.3) is 11.4 Å². The Morgan fingerprint density at radius 3 is 2.77 bits per heavy atom. The van der Waals surface area contributed by atoms with Gasteiger partial charge in [0.05, 0.1) is 30.2 Å². The first kappa shape index (κ1) is 20.7. The topological polar surface area (TPSA) is 82.2 Å². The van der Waals surface area contributed by atoms with Crippen molar-refractivity contribution in [1.29, 1.82) is 0 Å². The maximum absolute atomic E-state index is 12.5. The van der Waals surface area contributed by atoms with Crippen LogP contribution in [0.5, 0.6) is 0 Å². The molecule has 1 N–H and O–H groups in total. The standard InChI is InChI=1S/C22H26N4O3S/c1-3-16-6-8-17(9-7-16)23-20(27)14-30-22-25-24-21(19-10-12-28-15(19)2)26(22)13-18-5-4-11-29-18/h6-10,12,18H,3-5,11,13-14H2,1-2H3,(H,23,27)/t18-/m1/s1. The molecule has 1 aliphatic heterocycles. The highest BCUT2D eigenvalue weighted by Gasteiger charge is 2.23. The van der Waals surface area contributed by atoms with Crippen molar-refractivity contribution in [3.63, 3.8) is 0 Å². The number of aromatic nitrogens is 3. The first-order chi connectivity index (χ1) is 14.6. The molecule has 30 heavy (non-hydrogen) atoms. The average molecular weight is 427 g/mol. The van der Waals surface area contributed by atoms with Gasteiger partial charge in [0, 0.05) is 12.3 Å². The van der Waals surface area contributed by atoms with E-state index in [4.69, 9.17) is 9.15 Å². The molecule has 0 bridgehead atoms. The summed E-state index contributed by atoms with van der Waals surface area (Å²) in [5, 5.41) is 12.4. The van der Waals surface area contributed by atoms with E-state index in [1.54, 1.807) is 6.26 Å². The number of aryl methyl sites for hydroxylation is 2. The number of nitrogens with one attached hydrogen (secondary N) is 1. The fourth-order valence-corrected chi connectivity index (χ4v) is 4.27. The third kappa shape index (κ3) is 4.76. The Balaban J connectivity index is 1.46. The second-order valence-corrected chi connectivity index (χ2v) is 8.27.